The second-order valence-electron chi connectivity index (χ2n) is 6.63. The third-order valence-corrected chi connectivity index (χ3v) is 5.71. The molecule has 5 nitrogen and oxygen atoms in total. The van der Waals surface area contributed by atoms with Crippen LogP contribution in [0.2, 0.25) is 0 Å². The molecule has 1 amide bonds. The number of carbonyl (C=O) groups excluding carboxylic acids is 2. The number of carbonyl (C=O) groups is 2. The number of nitrogens with one attached hydrogen (secondary N) is 1. The summed E-state index contributed by atoms with van der Waals surface area (Å²) in [7, 11) is 1.54. The van der Waals surface area contributed by atoms with Crippen LogP contribution in [0.4, 0.5) is 5.69 Å². The topological polar surface area (TPSA) is 64.6 Å². The molecule has 0 aromatic heterocycles. The van der Waals surface area contributed by atoms with Crippen molar-refractivity contribution in [3.05, 3.63) is 60.2 Å². The van der Waals surface area contributed by atoms with Gasteiger partial charge >= 0.3 is 5.97 Å². The first kappa shape index (κ1) is 19.5. The van der Waals surface area contributed by atoms with Gasteiger partial charge in [-0.2, -0.15) is 0 Å². The van der Waals surface area contributed by atoms with E-state index in [1.807, 2.05) is 6.07 Å². The number of amides is 1. The van der Waals surface area contributed by atoms with Crippen LogP contribution >= 0.6 is 23.2 Å². The summed E-state index contributed by atoms with van der Waals surface area (Å²) in [5, 5.41) is 2.75. The average Bonchev–Trinajstić information content (AvgIpc) is 3.19. The molecule has 2 aromatic carbocycles. The van der Waals surface area contributed by atoms with Crippen LogP contribution in [0, 0.1) is 5.41 Å². The second kappa shape index (κ2) is 7.41. The van der Waals surface area contributed by atoms with Crippen LogP contribution < -0.4 is 10.1 Å². The van der Waals surface area contributed by atoms with E-state index in [0.717, 1.165) is 0 Å². The fourth-order valence-electron chi connectivity index (χ4n) is 2.67. The molecule has 0 bridgehead atoms. The van der Waals surface area contributed by atoms with Gasteiger partial charge < -0.3 is 14.8 Å². The number of rotatable bonds is 6. The van der Waals surface area contributed by atoms with Gasteiger partial charge in [-0.05, 0) is 19.1 Å². The molecule has 0 aliphatic heterocycles. The molecule has 0 spiro atoms. The van der Waals surface area contributed by atoms with Gasteiger partial charge in [-0.25, -0.2) is 0 Å². The van der Waals surface area contributed by atoms with Crippen molar-refractivity contribution in [1.29, 1.82) is 0 Å². The Kier molecular flexibility index (Phi) is 5.36. The van der Waals surface area contributed by atoms with Crippen LogP contribution in [0.15, 0.2) is 54.6 Å². The Balaban J connectivity index is 1.82. The Morgan fingerprint density at radius 3 is 2.37 bits per heavy atom. The molecular weight excluding hydrogens is 389 g/mol. The number of methoxy groups -OCH3 is 1. The van der Waals surface area contributed by atoms with Gasteiger partial charge in [-0.1, -0.05) is 36.4 Å². The number of halogens is 2. The molecule has 0 heterocycles. The van der Waals surface area contributed by atoms with Gasteiger partial charge in [0.25, 0.3) is 5.91 Å². The van der Waals surface area contributed by atoms with E-state index in [4.69, 9.17) is 32.7 Å². The summed E-state index contributed by atoms with van der Waals surface area (Å²) in [5.41, 5.74) is 0.0441. The Hall–Kier alpha value is -2.24. The fourth-order valence-corrected chi connectivity index (χ4v) is 3.36. The number of hydrogen-bond acceptors (Lipinski definition) is 4. The molecular formula is C20H19Cl2NO4. The SMILES string of the molecule is COc1cccc(NC(=O)[C@@H](OC(=O)[C@]2(C)CC2(Cl)Cl)c2ccccc2)c1. The summed E-state index contributed by atoms with van der Waals surface area (Å²) in [6.45, 7) is 1.62. The highest BCUT2D eigenvalue weighted by atomic mass is 35.5. The highest BCUT2D eigenvalue weighted by molar-refractivity contribution is 6.53. The number of esters is 1. The number of hydrogen-bond donors (Lipinski definition) is 1. The smallest absolute Gasteiger partial charge is 0.316 e. The third-order valence-electron chi connectivity index (χ3n) is 4.61. The largest absolute Gasteiger partial charge is 0.497 e. The molecule has 1 saturated carbocycles. The van der Waals surface area contributed by atoms with E-state index in [9.17, 15) is 9.59 Å². The van der Waals surface area contributed by atoms with Gasteiger partial charge in [0.15, 0.2) is 0 Å². The van der Waals surface area contributed by atoms with Gasteiger partial charge in [-0.3, -0.25) is 9.59 Å². The molecule has 142 valence electrons. The molecule has 1 aliphatic carbocycles. The summed E-state index contributed by atoms with van der Waals surface area (Å²) < 4.78 is 9.52. The maximum absolute atomic E-state index is 12.9. The van der Waals surface area contributed by atoms with Crippen LogP contribution in [0.25, 0.3) is 0 Å². The lowest BCUT2D eigenvalue weighted by Crippen LogP contribution is -2.30. The summed E-state index contributed by atoms with van der Waals surface area (Å²) in [4.78, 5) is 25.5. The normalized spacial score (nSPS) is 21.0. The summed E-state index contributed by atoms with van der Waals surface area (Å²) >= 11 is 12.1. The molecule has 0 radical (unpaired) electrons. The Bertz CT molecular complexity index is 856. The second-order valence-corrected chi connectivity index (χ2v) is 8.11. The van der Waals surface area contributed by atoms with Crippen molar-refractivity contribution in [3.8, 4) is 5.75 Å². The van der Waals surface area contributed by atoms with Crippen LogP contribution in [0.5, 0.6) is 5.75 Å². The molecule has 1 aliphatic rings. The monoisotopic (exact) mass is 407 g/mol. The first-order valence-electron chi connectivity index (χ1n) is 8.35. The van der Waals surface area contributed by atoms with Crippen LogP contribution in [-0.2, 0) is 14.3 Å². The van der Waals surface area contributed by atoms with Crippen LogP contribution in [-0.4, -0.2) is 23.3 Å². The van der Waals surface area contributed by atoms with Crippen LogP contribution in [0.1, 0.15) is 25.0 Å². The van der Waals surface area contributed by atoms with Crippen molar-refractivity contribution in [2.75, 3.05) is 12.4 Å². The van der Waals surface area contributed by atoms with Crippen molar-refractivity contribution in [3.63, 3.8) is 0 Å². The van der Waals surface area contributed by atoms with E-state index < -0.39 is 27.7 Å². The van der Waals surface area contributed by atoms with Crippen molar-refractivity contribution >= 4 is 40.8 Å². The number of ether oxygens (including phenoxy) is 2. The van der Waals surface area contributed by atoms with Gasteiger partial charge in [-0.15, -0.1) is 23.2 Å². The predicted molar refractivity (Wildman–Crippen MR) is 104 cm³/mol. The van der Waals surface area contributed by atoms with Gasteiger partial charge in [0.2, 0.25) is 6.10 Å². The lowest BCUT2D eigenvalue weighted by atomic mass is 10.1. The van der Waals surface area contributed by atoms with Crippen molar-refractivity contribution in [1.82, 2.24) is 0 Å². The van der Waals surface area contributed by atoms with Crippen molar-refractivity contribution in [2.45, 2.75) is 23.8 Å². The number of benzene rings is 2. The van der Waals surface area contributed by atoms with E-state index >= 15 is 0 Å². The van der Waals surface area contributed by atoms with Gasteiger partial charge in [0, 0.05) is 23.7 Å². The molecule has 0 unspecified atom stereocenters. The van der Waals surface area contributed by atoms with E-state index in [1.54, 1.807) is 55.5 Å². The van der Waals surface area contributed by atoms with Gasteiger partial charge in [0.05, 0.1) is 7.11 Å². The van der Waals surface area contributed by atoms with Crippen molar-refractivity contribution < 1.29 is 19.1 Å². The summed E-state index contributed by atoms with van der Waals surface area (Å²) in [6, 6.07) is 15.7. The lowest BCUT2D eigenvalue weighted by molar-refractivity contribution is -0.159. The maximum Gasteiger partial charge on any atom is 0.316 e. The molecule has 1 fully saturated rings. The number of anilines is 1. The Morgan fingerprint density at radius 1 is 1.11 bits per heavy atom. The minimum absolute atomic E-state index is 0.279. The molecule has 1 N–H and O–H groups in total. The average molecular weight is 408 g/mol. The van der Waals surface area contributed by atoms with Gasteiger partial charge in [0.1, 0.15) is 15.5 Å². The first-order valence-corrected chi connectivity index (χ1v) is 9.11. The standard InChI is InChI=1S/C20H19Cl2NO4/c1-19(12-20(19,21)22)18(25)27-16(13-7-4-3-5-8-13)17(24)23-14-9-6-10-15(11-14)26-2/h3-11,16H,12H2,1-2H3,(H,23,24)/t16-,19-/m0/s1. The zero-order chi connectivity index (χ0) is 19.7. The maximum atomic E-state index is 12.9. The lowest BCUT2D eigenvalue weighted by Gasteiger charge is -2.21. The minimum atomic E-state index is -1.17. The van der Waals surface area contributed by atoms with E-state index in [0.29, 0.717) is 17.0 Å². The van der Waals surface area contributed by atoms with E-state index in [2.05, 4.69) is 5.32 Å². The predicted octanol–water partition coefficient (Wildman–Crippen LogP) is 4.50. The molecule has 2 atom stereocenters. The quantitative estimate of drug-likeness (QED) is 0.565. The molecule has 2 aromatic rings. The summed E-state index contributed by atoms with van der Waals surface area (Å²) in [5.74, 6) is -0.496. The molecule has 27 heavy (non-hydrogen) atoms. The molecule has 0 saturated heterocycles. The van der Waals surface area contributed by atoms with E-state index in [-0.39, 0.29) is 6.42 Å². The number of alkyl halides is 2. The highest BCUT2D eigenvalue weighted by Gasteiger charge is 2.69. The van der Waals surface area contributed by atoms with E-state index in [1.165, 1.54) is 7.11 Å². The Morgan fingerprint density at radius 2 is 1.78 bits per heavy atom. The van der Waals surface area contributed by atoms with Crippen LogP contribution in [0.3, 0.4) is 0 Å². The molecule has 7 heteroatoms. The third kappa shape index (κ3) is 4.04. The molecule has 3 rings (SSSR count). The highest BCUT2D eigenvalue weighted by Crippen LogP contribution is 2.64. The zero-order valence-corrected chi connectivity index (χ0v) is 16.4. The first-order chi connectivity index (χ1) is 12.8. The Labute approximate surface area is 167 Å². The minimum Gasteiger partial charge on any atom is -0.497 e. The zero-order valence-electron chi connectivity index (χ0n) is 14.9. The van der Waals surface area contributed by atoms with Crippen molar-refractivity contribution in [2.24, 2.45) is 5.41 Å². The fraction of sp³-hybridized carbons (Fsp3) is 0.300. The summed E-state index contributed by atoms with van der Waals surface area (Å²) in [6.07, 6.45) is -0.854.